The highest BCUT2D eigenvalue weighted by atomic mass is 19.1. The smallest absolute Gasteiger partial charge is 0.243 e. The Hall–Kier alpha value is -3.47. The lowest BCUT2D eigenvalue weighted by atomic mass is 9.99. The normalized spacial score (nSPS) is 11.8. The van der Waals surface area contributed by atoms with E-state index in [1.54, 1.807) is 18.2 Å². The first-order valence-corrected chi connectivity index (χ1v) is 11.7. The van der Waals surface area contributed by atoms with Gasteiger partial charge >= 0.3 is 0 Å². The number of aryl methyl sites for hydroxylation is 2. The van der Waals surface area contributed by atoms with Crippen molar-refractivity contribution < 1.29 is 14.0 Å². The van der Waals surface area contributed by atoms with Gasteiger partial charge in [0.15, 0.2) is 0 Å². The lowest BCUT2D eigenvalue weighted by Crippen LogP contribution is -2.52. The van der Waals surface area contributed by atoms with Crippen LogP contribution in [0.1, 0.15) is 41.7 Å². The van der Waals surface area contributed by atoms with Crippen LogP contribution in [0.5, 0.6) is 0 Å². The number of hydrogen-bond acceptors (Lipinski definition) is 2. The predicted molar refractivity (Wildman–Crippen MR) is 134 cm³/mol. The van der Waals surface area contributed by atoms with Crippen molar-refractivity contribution in [3.8, 4) is 0 Å². The maximum Gasteiger partial charge on any atom is 0.243 e. The van der Waals surface area contributed by atoms with Crippen molar-refractivity contribution in [2.75, 3.05) is 0 Å². The zero-order valence-electron chi connectivity index (χ0n) is 20.3. The number of carbonyl (C=O) groups excluding carboxylic acids is 2. The van der Waals surface area contributed by atoms with Gasteiger partial charge in [-0.1, -0.05) is 72.3 Å². The SMILES string of the molecule is Cc1ccc(C)c(CC(=O)N(Cc2ccccc2F)[C@@H](Cc2ccccc2)C(=O)NC(C)C)c1. The Labute approximate surface area is 201 Å². The van der Waals surface area contributed by atoms with Crippen molar-refractivity contribution in [1.29, 1.82) is 0 Å². The van der Waals surface area contributed by atoms with E-state index in [2.05, 4.69) is 5.32 Å². The second-order valence-electron chi connectivity index (χ2n) is 9.09. The van der Waals surface area contributed by atoms with E-state index in [0.717, 1.165) is 22.3 Å². The molecule has 3 aromatic carbocycles. The molecule has 0 aliphatic heterocycles. The minimum Gasteiger partial charge on any atom is -0.352 e. The maximum absolute atomic E-state index is 14.6. The van der Waals surface area contributed by atoms with Crippen LogP contribution in [0, 0.1) is 19.7 Å². The van der Waals surface area contributed by atoms with Gasteiger partial charge in [-0.25, -0.2) is 4.39 Å². The molecule has 0 aliphatic carbocycles. The summed E-state index contributed by atoms with van der Waals surface area (Å²) in [7, 11) is 0. The lowest BCUT2D eigenvalue weighted by molar-refractivity contribution is -0.141. The van der Waals surface area contributed by atoms with E-state index in [1.807, 2.05) is 76.2 Å². The third kappa shape index (κ3) is 6.77. The van der Waals surface area contributed by atoms with E-state index in [-0.39, 0.29) is 30.8 Å². The largest absolute Gasteiger partial charge is 0.352 e. The molecule has 0 bridgehead atoms. The third-order valence-corrected chi connectivity index (χ3v) is 5.85. The minimum absolute atomic E-state index is 0.0133. The molecule has 0 spiro atoms. The van der Waals surface area contributed by atoms with Gasteiger partial charge in [0.25, 0.3) is 0 Å². The first kappa shape index (κ1) is 25.2. The second-order valence-corrected chi connectivity index (χ2v) is 9.09. The summed E-state index contributed by atoms with van der Waals surface area (Å²) in [5, 5.41) is 2.96. The first-order valence-electron chi connectivity index (χ1n) is 11.7. The van der Waals surface area contributed by atoms with Gasteiger partial charge in [0.05, 0.1) is 6.42 Å². The van der Waals surface area contributed by atoms with E-state index >= 15 is 0 Å². The third-order valence-electron chi connectivity index (χ3n) is 5.85. The van der Waals surface area contributed by atoms with Gasteiger partial charge in [0.2, 0.25) is 11.8 Å². The van der Waals surface area contributed by atoms with E-state index in [9.17, 15) is 14.0 Å². The van der Waals surface area contributed by atoms with Crippen molar-refractivity contribution in [3.05, 3.63) is 106 Å². The van der Waals surface area contributed by atoms with Crippen molar-refractivity contribution in [2.45, 2.75) is 59.2 Å². The average molecular weight is 461 g/mol. The molecular weight excluding hydrogens is 427 g/mol. The van der Waals surface area contributed by atoms with Gasteiger partial charge in [0, 0.05) is 24.6 Å². The maximum atomic E-state index is 14.6. The highest BCUT2D eigenvalue weighted by Gasteiger charge is 2.31. The zero-order valence-corrected chi connectivity index (χ0v) is 20.3. The molecule has 0 saturated heterocycles. The van der Waals surface area contributed by atoms with E-state index < -0.39 is 11.9 Å². The molecule has 5 heteroatoms. The summed E-state index contributed by atoms with van der Waals surface area (Å²) in [6.07, 6.45) is 0.481. The van der Waals surface area contributed by atoms with Crippen molar-refractivity contribution in [2.24, 2.45) is 0 Å². The van der Waals surface area contributed by atoms with Crippen LogP contribution in [-0.2, 0) is 29.0 Å². The molecule has 1 atom stereocenters. The molecule has 178 valence electrons. The highest BCUT2D eigenvalue weighted by molar-refractivity contribution is 5.89. The summed E-state index contributed by atoms with van der Waals surface area (Å²) in [6, 6.07) is 21.1. The standard InChI is InChI=1S/C29H33FN2O2/c1-20(2)31-29(34)27(17-23-10-6-5-7-11-23)32(19-24-12-8-9-13-26(24)30)28(33)18-25-16-21(3)14-15-22(25)4/h5-16,20,27H,17-19H2,1-4H3,(H,31,34)/t27-/m0/s1. The molecule has 0 radical (unpaired) electrons. The van der Waals surface area contributed by atoms with Gasteiger partial charge in [-0.05, 0) is 50.5 Å². The number of nitrogens with zero attached hydrogens (tertiary/aromatic N) is 1. The van der Waals surface area contributed by atoms with Gasteiger partial charge in [-0.15, -0.1) is 0 Å². The van der Waals surface area contributed by atoms with E-state index in [4.69, 9.17) is 0 Å². The molecule has 0 fully saturated rings. The zero-order chi connectivity index (χ0) is 24.7. The summed E-state index contributed by atoms with van der Waals surface area (Å²) in [4.78, 5) is 28.6. The molecule has 1 N–H and O–H groups in total. The topological polar surface area (TPSA) is 49.4 Å². The number of hydrogen-bond donors (Lipinski definition) is 1. The molecule has 34 heavy (non-hydrogen) atoms. The fourth-order valence-electron chi connectivity index (χ4n) is 4.00. The van der Waals surface area contributed by atoms with Crippen LogP contribution >= 0.6 is 0 Å². The Morgan fingerprint density at radius 3 is 2.26 bits per heavy atom. The summed E-state index contributed by atoms with van der Waals surface area (Å²) >= 11 is 0. The van der Waals surface area contributed by atoms with Crippen molar-refractivity contribution >= 4 is 11.8 Å². The number of rotatable bonds is 9. The molecule has 3 rings (SSSR count). The summed E-state index contributed by atoms with van der Waals surface area (Å²) in [5.41, 5.74) is 4.30. The van der Waals surface area contributed by atoms with Crippen LogP contribution in [-0.4, -0.2) is 28.8 Å². The number of amides is 2. The van der Waals surface area contributed by atoms with E-state index in [1.165, 1.54) is 11.0 Å². The van der Waals surface area contributed by atoms with Gasteiger partial charge < -0.3 is 10.2 Å². The second kappa shape index (κ2) is 11.6. The van der Waals surface area contributed by atoms with Crippen LogP contribution in [0.2, 0.25) is 0 Å². The molecule has 2 amide bonds. The molecule has 4 nitrogen and oxygen atoms in total. The van der Waals surface area contributed by atoms with Crippen molar-refractivity contribution in [1.82, 2.24) is 10.2 Å². The minimum atomic E-state index is -0.776. The quantitative estimate of drug-likeness (QED) is 0.480. The van der Waals surface area contributed by atoms with Crippen LogP contribution in [0.15, 0.2) is 72.8 Å². The number of benzene rings is 3. The van der Waals surface area contributed by atoms with Crippen LogP contribution < -0.4 is 5.32 Å². The fraction of sp³-hybridized carbons (Fsp3) is 0.310. The van der Waals surface area contributed by atoms with Crippen molar-refractivity contribution in [3.63, 3.8) is 0 Å². The number of carbonyl (C=O) groups is 2. The molecule has 0 aromatic heterocycles. The Morgan fingerprint density at radius 1 is 0.912 bits per heavy atom. The van der Waals surface area contributed by atoms with Gasteiger partial charge in [-0.3, -0.25) is 9.59 Å². The fourth-order valence-corrected chi connectivity index (χ4v) is 4.00. The highest BCUT2D eigenvalue weighted by Crippen LogP contribution is 2.20. The first-order chi connectivity index (χ1) is 16.2. The Balaban J connectivity index is 2.01. The molecule has 0 saturated carbocycles. The molecule has 3 aromatic rings. The summed E-state index contributed by atoms with van der Waals surface area (Å²) < 4.78 is 14.6. The van der Waals surface area contributed by atoms with Crippen LogP contribution in [0.25, 0.3) is 0 Å². The summed E-state index contributed by atoms with van der Waals surface area (Å²) in [5.74, 6) is -0.851. The van der Waals surface area contributed by atoms with Gasteiger partial charge in [-0.2, -0.15) is 0 Å². The molecule has 0 heterocycles. The summed E-state index contributed by atoms with van der Waals surface area (Å²) in [6.45, 7) is 7.74. The monoisotopic (exact) mass is 460 g/mol. The van der Waals surface area contributed by atoms with Crippen LogP contribution in [0.3, 0.4) is 0 Å². The van der Waals surface area contributed by atoms with Gasteiger partial charge in [0.1, 0.15) is 11.9 Å². The molecule has 0 unspecified atom stereocenters. The molecular formula is C29H33FN2O2. The van der Waals surface area contributed by atoms with Crippen LogP contribution in [0.4, 0.5) is 4.39 Å². The Kier molecular flexibility index (Phi) is 8.58. The lowest BCUT2D eigenvalue weighted by Gasteiger charge is -2.32. The Morgan fingerprint density at radius 2 is 1.59 bits per heavy atom. The average Bonchev–Trinajstić information content (AvgIpc) is 2.80. The number of nitrogens with one attached hydrogen (secondary N) is 1. The molecule has 0 aliphatic rings. The Bertz CT molecular complexity index is 1130. The van der Waals surface area contributed by atoms with E-state index in [0.29, 0.717) is 12.0 Å². The number of halogens is 1. The predicted octanol–water partition coefficient (Wildman–Crippen LogP) is 5.15.